The highest BCUT2D eigenvalue weighted by molar-refractivity contribution is 5.60. The minimum Gasteiger partial charge on any atom is -0.272 e. The summed E-state index contributed by atoms with van der Waals surface area (Å²) in [6, 6.07) is 1.94. The zero-order valence-electron chi connectivity index (χ0n) is 9.30. The van der Waals surface area contributed by atoms with Crippen LogP contribution in [-0.4, -0.2) is 19.7 Å². The topological polar surface area (TPSA) is 43.6 Å². The molecule has 1 saturated carbocycles. The van der Waals surface area contributed by atoms with Crippen LogP contribution in [0.3, 0.4) is 0 Å². The number of nitrogens with zero attached hydrogens (tertiary/aromatic N) is 4. The molecule has 0 spiro atoms. The van der Waals surface area contributed by atoms with E-state index >= 15 is 0 Å². The molecular formula is C12H14N4. The predicted molar refractivity (Wildman–Crippen MR) is 60.7 cm³/mol. The Kier molecular flexibility index (Phi) is 2.20. The van der Waals surface area contributed by atoms with E-state index in [1.165, 1.54) is 18.5 Å². The molecule has 82 valence electrons. The molecule has 0 saturated heterocycles. The molecule has 0 unspecified atom stereocenters. The van der Waals surface area contributed by atoms with E-state index in [1.54, 1.807) is 12.5 Å². The third-order valence-electron chi connectivity index (χ3n) is 3.10. The first-order chi connectivity index (χ1) is 7.84. The lowest BCUT2D eigenvalue weighted by atomic mass is 10.1. The van der Waals surface area contributed by atoms with Crippen molar-refractivity contribution in [1.29, 1.82) is 0 Å². The highest BCUT2D eigenvalue weighted by Crippen LogP contribution is 2.35. The van der Waals surface area contributed by atoms with Crippen LogP contribution in [0.25, 0.3) is 11.3 Å². The van der Waals surface area contributed by atoms with E-state index in [4.69, 9.17) is 0 Å². The fraction of sp³-hybridized carbons (Fsp3) is 0.417. The molecule has 2 aromatic rings. The van der Waals surface area contributed by atoms with E-state index < -0.39 is 0 Å². The molecule has 0 N–H and O–H groups in total. The van der Waals surface area contributed by atoms with Crippen molar-refractivity contribution < 1.29 is 0 Å². The van der Waals surface area contributed by atoms with Gasteiger partial charge >= 0.3 is 0 Å². The second-order valence-corrected chi connectivity index (χ2v) is 4.37. The Morgan fingerprint density at radius 3 is 3.00 bits per heavy atom. The van der Waals surface area contributed by atoms with Gasteiger partial charge in [-0.1, -0.05) is 0 Å². The highest BCUT2D eigenvalue weighted by Gasteiger charge is 2.25. The van der Waals surface area contributed by atoms with Crippen LogP contribution in [0, 0.1) is 5.92 Å². The van der Waals surface area contributed by atoms with Gasteiger partial charge in [-0.3, -0.25) is 4.68 Å². The quantitative estimate of drug-likeness (QED) is 0.783. The number of aryl methyl sites for hydroxylation is 1. The van der Waals surface area contributed by atoms with Crippen molar-refractivity contribution in [2.75, 3.05) is 0 Å². The van der Waals surface area contributed by atoms with Crippen LogP contribution >= 0.6 is 0 Å². The lowest BCUT2D eigenvalue weighted by Crippen LogP contribution is -2.01. The maximum Gasteiger partial charge on any atom is 0.116 e. The summed E-state index contributed by atoms with van der Waals surface area (Å²) < 4.78 is 1.97. The summed E-state index contributed by atoms with van der Waals surface area (Å²) in [7, 11) is 2.00. The molecule has 0 aromatic carbocycles. The molecule has 0 aliphatic heterocycles. The van der Waals surface area contributed by atoms with Gasteiger partial charge in [0.25, 0.3) is 0 Å². The molecule has 0 bridgehead atoms. The Balaban J connectivity index is 2.00. The van der Waals surface area contributed by atoms with Gasteiger partial charge in [0.1, 0.15) is 6.33 Å². The molecule has 2 aromatic heterocycles. The molecule has 0 atom stereocenters. The zero-order valence-corrected chi connectivity index (χ0v) is 9.30. The summed E-state index contributed by atoms with van der Waals surface area (Å²) in [6.07, 6.45) is 9.10. The van der Waals surface area contributed by atoms with Crippen LogP contribution in [0.15, 0.2) is 24.8 Å². The summed E-state index contributed by atoms with van der Waals surface area (Å²) in [5, 5.41) is 4.33. The monoisotopic (exact) mass is 214 g/mol. The number of rotatable bonds is 3. The van der Waals surface area contributed by atoms with E-state index in [0.717, 1.165) is 23.6 Å². The lowest BCUT2D eigenvalue weighted by Gasteiger charge is -2.04. The Morgan fingerprint density at radius 1 is 1.44 bits per heavy atom. The van der Waals surface area contributed by atoms with Gasteiger partial charge in [0.05, 0.1) is 11.9 Å². The smallest absolute Gasteiger partial charge is 0.116 e. The standard InChI is InChI=1S/C12H14N4/c1-16-12(6-9-2-3-9)10(7-15-16)11-4-5-13-8-14-11/h4-5,7-9H,2-3,6H2,1H3. The largest absolute Gasteiger partial charge is 0.272 e. The summed E-state index contributed by atoms with van der Waals surface area (Å²) in [5.74, 6) is 0.857. The Labute approximate surface area is 94.4 Å². The summed E-state index contributed by atoms with van der Waals surface area (Å²) in [4.78, 5) is 8.23. The van der Waals surface area contributed by atoms with Crippen LogP contribution in [0.1, 0.15) is 18.5 Å². The first kappa shape index (κ1) is 9.51. The Hall–Kier alpha value is -1.71. The SMILES string of the molecule is Cn1ncc(-c2ccncn2)c1CC1CC1. The molecule has 4 heteroatoms. The van der Waals surface area contributed by atoms with Gasteiger partial charge in [0.15, 0.2) is 0 Å². The molecule has 1 fully saturated rings. The zero-order chi connectivity index (χ0) is 11.0. The van der Waals surface area contributed by atoms with Crippen molar-refractivity contribution in [2.24, 2.45) is 13.0 Å². The summed E-state index contributed by atoms with van der Waals surface area (Å²) in [6.45, 7) is 0. The van der Waals surface area contributed by atoms with E-state index in [2.05, 4.69) is 15.1 Å². The van der Waals surface area contributed by atoms with Crippen LogP contribution in [0.2, 0.25) is 0 Å². The second kappa shape index (κ2) is 3.70. The van der Waals surface area contributed by atoms with E-state index in [9.17, 15) is 0 Å². The van der Waals surface area contributed by atoms with Crippen molar-refractivity contribution in [3.63, 3.8) is 0 Å². The maximum absolute atomic E-state index is 4.33. The van der Waals surface area contributed by atoms with Crippen LogP contribution in [0.4, 0.5) is 0 Å². The van der Waals surface area contributed by atoms with Gasteiger partial charge in [-0.2, -0.15) is 5.10 Å². The minimum absolute atomic E-state index is 0.857. The molecule has 16 heavy (non-hydrogen) atoms. The average Bonchev–Trinajstić information content (AvgIpc) is 3.06. The van der Waals surface area contributed by atoms with E-state index in [0.29, 0.717) is 0 Å². The van der Waals surface area contributed by atoms with Crippen LogP contribution < -0.4 is 0 Å². The molecule has 0 amide bonds. The summed E-state index contributed by atoms with van der Waals surface area (Å²) in [5.41, 5.74) is 3.41. The lowest BCUT2D eigenvalue weighted by molar-refractivity contribution is 0.677. The second-order valence-electron chi connectivity index (χ2n) is 4.37. The van der Waals surface area contributed by atoms with Crippen molar-refractivity contribution in [3.8, 4) is 11.3 Å². The van der Waals surface area contributed by atoms with Gasteiger partial charge in [0, 0.05) is 24.5 Å². The molecule has 1 aliphatic carbocycles. The number of hydrogen-bond donors (Lipinski definition) is 0. The maximum atomic E-state index is 4.33. The van der Waals surface area contributed by atoms with E-state index in [1.807, 2.05) is 24.0 Å². The molecule has 1 aliphatic rings. The van der Waals surface area contributed by atoms with Gasteiger partial charge in [0.2, 0.25) is 0 Å². The normalized spacial score (nSPS) is 15.3. The third kappa shape index (κ3) is 1.71. The van der Waals surface area contributed by atoms with Crippen molar-refractivity contribution >= 4 is 0 Å². The van der Waals surface area contributed by atoms with Gasteiger partial charge in [-0.05, 0) is 31.2 Å². The average molecular weight is 214 g/mol. The van der Waals surface area contributed by atoms with Crippen LogP contribution in [0.5, 0.6) is 0 Å². The van der Waals surface area contributed by atoms with Gasteiger partial charge < -0.3 is 0 Å². The third-order valence-corrected chi connectivity index (χ3v) is 3.10. The van der Waals surface area contributed by atoms with Gasteiger partial charge in [-0.25, -0.2) is 9.97 Å². The van der Waals surface area contributed by atoms with Crippen molar-refractivity contribution in [1.82, 2.24) is 19.7 Å². The van der Waals surface area contributed by atoms with Gasteiger partial charge in [-0.15, -0.1) is 0 Å². The van der Waals surface area contributed by atoms with Crippen molar-refractivity contribution in [3.05, 3.63) is 30.5 Å². The fourth-order valence-corrected chi connectivity index (χ4v) is 1.96. The Morgan fingerprint density at radius 2 is 2.31 bits per heavy atom. The molecule has 0 radical (unpaired) electrons. The molecular weight excluding hydrogens is 200 g/mol. The van der Waals surface area contributed by atoms with Crippen molar-refractivity contribution in [2.45, 2.75) is 19.3 Å². The Bertz CT molecular complexity index is 485. The van der Waals surface area contributed by atoms with E-state index in [-0.39, 0.29) is 0 Å². The first-order valence-electron chi connectivity index (χ1n) is 5.62. The fourth-order valence-electron chi connectivity index (χ4n) is 1.96. The predicted octanol–water partition coefficient (Wildman–Crippen LogP) is 1.83. The minimum atomic E-state index is 0.857. The first-order valence-corrected chi connectivity index (χ1v) is 5.62. The number of hydrogen-bond acceptors (Lipinski definition) is 3. The van der Waals surface area contributed by atoms with Crippen LogP contribution in [-0.2, 0) is 13.5 Å². The summed E-state index contributed by atoms with van der Waals surface area (Å²) >= 11 is 0. The number of aromatic nitrogens is 4. The highest BCUT2D eigenvalue weighted by atomic mass is 15.3. The molecule has 2 heterocycles. The molecule has 4 nitrogen and oxygen atoms in total. The molecule has 3 rings (SSSR count).